The molecule has 0 aliphatic carbocycles. The molecule has 0 aliphatic heterocycles. The number of nitrogens with one attached hydrogen (secondary N) is 3. The lowest BCUT2D eigenvalue weighted by Crippen LogP contribution is -2.32. The summed E-state index contributed by atoms with van der Waals surface area (Å²) in [5.74, 6) is 2.99. The maximum atomic E-state index is 12.1. The predicted molar refractivity (Wildman–Crippen MR) is 121 cm³/mol. The number of anilines is 3. The van der Waals surface area contributed by atoms with E-state index in [9.17, 15) is 8.42 Å². The summed E-state index contributed by atoms with van der Waals surface area (Å²) in [5.41, 5.74) is 1.09. The maximum absolute atomic E-state index is 12.1. The Morgan fingerprint density at radius 1 is 0.935 bits per heavy atom. The summed E-state index contributed by atoms with van der Waals surface area (Å²) >= 11 is 0. The van der Waals surface area contributed by atoms with Crippen LogP contribution in [0, 0.1) is 13.8 Å². The van der Waals surface area contributed by atoms with Crippen molar-refractivity contribution in [3.8, 4) is 5.75 Å². The summed E-state index contributed by atoms with van der Waals surface area (Å²) in [5, 5.41) is 6.26. The Balaban J connectivity index is 1.44. The maximum Gasteiger partial charge on any atom is 0.215 e. The SMILES string of the molecule is Cc1ccnc(Nc2cc(NCCNS(=O)(=O)CCOc3ccccc3)nc(C)n2)c1. The third kappa shape index (κ3) is 7.83. The molecule has 0 unspecified atom stereocenters. The Morgan fingerprint density at radius 3 is 2.48 bits per heavy atom. The lowest BCUT2D eigenvalue weighted by Gasteiger charge is -2.11. The average molecular weight is 443 g/mol. The Labute approximate surface area is 182 Å². The fourth-order valence-corrected chi connectivity index (χ4v) is 3.57. The molecule has 0 spiro atoms. The molecule has 0 amide bonds. The first-order chi connectivity index (χ1) is 14.9. The summed E-state index contributed by atoms with van der Waals surface area (Å²) in [6.07, 6.45) is 1.72. The molecule has 31 heavy (non-hydrogen) atoms. The van der Waals surface area contributed by atoms with Crippen LogP contribution < -0.4 is 20.1 Å². The molecule has 10 heteroatoms. The molecule has 3 rings (SSSR count). The molecule has 9 nitrogen and oxygen atoms in total. The highest BCUT2D eigenvalue weighted by atomic mass is 32.2. The Hall–Kier alpha value is -3.24. The van der Waals surface area contributed by atoms with Gasteiger partial charge in [0.15, 0.2) is 0 Å². The van der Waals surface area contributed by atoms with Crippen LogP contribution in [0.1, 0.15) is 11.4 Å². The van der Waals surface area contributed by atoms with Crippen LogP contribution in [0.4, 0.5) is 17.5 Å². The van der Waals surface area contributed by atoms with Crippen LogP contribution in [0.2, 0.25) is 0 Å². The number of ether oxygens (including phenoxy) is 1. The minimum Gasteiger partial charge on any atom is -0.492 e. The summed E-state index contributed by atoms with van der Waals surface area (Å²) in [6, 6.07) is 14.7. The second-order valence-corrected chi connectivity index (χ2v) is 8.76. The van der Waals surface area contributed by atoms with Gasteiger partial charge >= 0.3 is 0 Å². The zero-order chi connectivity index (χ0) is 22.1. The van der Waals surface area contributed by atoms with Crippen molar-refractivity contribution in [3.63, 3.8) is 0 Å². The predicted octanol–water partition coefficient (Wildman–Crippen LogP) is 2.64. The van der Waals surface area contributed by atoms with E-state index in [4.69, 9.17) is 4.74 Å². The molecule has 2 aromatic heterocycles. The molecule has 0 saturated heterocycles. The van der Waals surface area contributed by atoms with E-state index in [-0.39, 0.29) is 18.9 Å². The van der Waals surface area contributed by atoms with Crippen molar-refractivity contribution in [2.45, 2.75) is 13.8 Å². The van der Waals surface area contributed by atoms with E-state index < -0.39 is 10.0 Å². The first-order valence-corrected chi connectivity index (χ1v) is 11.5. The van der Waals surface area contributed by atoms with Crippen molar-refractivity contribution in [2.24, 2.45) is 0 Å². The third-order valence-electron chi connectivity index (χ3n) is 4.13. The molecule has 0 atom stereocenters. The van der Waals surface area contributed by atoms with Crippen molar-refractivity contribution in [1.29, 1.82) is 0 Å². The summed E-state index contributed by atoms with van der Waals surface area (Å²) < 4.78 is 32.2. The van der Waals surface area contributed by atoms with Gasteiger partial charge in [0.25, 0.3) is 0 Å². The summed E-state index contributed by atoms with van der Waals surface area (Å²) in [4.78, 5) is 12.9. The van der Waals surface area contributed by atoms with Gasteiger partial charge in [0.05, 0.1) is 5.75 Å². The van der Waals surface area contributed by atoms with E-state index in [1.807, 2.05) is 37.3 Å². The number of benzene rings is 1. The van der Waals surface area contributed by atoms with Gasteiger partial charge in [-0.1, -0.05) is 18.2 Å². The third-order valence-corrected chi connectivity index (χ3v) is 5.47. The quantitative estimate of drug-likeness (QED) is 0.388. The van der Waals surface area contributed by atoms with Gasteiger partial charge in [0, 0.05) is 25.4 Å². The molecular weight excluding hydrogens is 416 g/mol. The van der Waals surface area contributed by atoms with Gasteiger partial charge in [-0.2, -0.15) is 0 Å². The number of sulfonamides is 1. The number of hydrogen-bond donors (Lipinski definition) is 3. The second kappa shape index (κ2) is 10.7. The van der Waals surface area contributed by atoms with Crippen molar-refractivity contribution >= 4 is 27.5 Å². The zero-order valence-corrected chi connectivity index (χ0v) is 18.3. The number of hydrogen-bond acceptors (Lipinski definition) is 8. The smallest absolute Gasteiger partial charge is 0.215 e. The highest BCUT2D eigenvalue weighted by Crippen LogP contribution is 2.16. The first kappa shape index (κ1) is 22.4. The van der Waals surface area contributed by atoms with E-state index in [1.54, 1.807) is 31.3 Å². The molecule has 0 bridgehead atoms. The molecule has 0 radical (unpaired) electrons. The normalized spacial score (nSPS) is 11.2. The molecule has 0 aliphatic rings. The number of pyridine rings is 1. The number of aryl methyl sites for hydroxylation is 2. The molecule has 2 heterocycles. The monoisotopic (exact) mass is 442 g/mol. The molecule has 164 valence electrons. The largest absolute Gasteiger partial charge is 0.492 e. The molecule has 0 fully saturated rings. The summed E-state index contributed by atoms with van der Waals surface area (Å²) in [6.45, 7) is 4.45. The molecule has 3 aromatic rings. The Morgan fingerprint density at radius 2 is 1.71 bits per heavy atom. The van der Waals surface area contributed by atoms with Crippen LogP contribution in [0.3, 0.4) is 0 Å². The van der Waals surface area contributed by atoms with Gasteiger partial charge in [-0.25, -0.2) is 28.1 Å². The van der Waals surface area contributed by atoms with E-state index >= 15 is 0 Å². The van der Waals surface area contributed by atoms with Crippen LogP contribution in [0.5, 0.6) is 5.75 Å². The zero-order valence-electron chi connectivity index (χ0n) is 17.5. The van der Waals surface area contributed by atoms with E-state index in [2.05, 4.69) is 30.3 Å². The number of nitrogens with zero attached hydrogens (tertiary/aromatic N) is 3. The van der Waals surface area contributed by atoms with Crippen molar-refractivity contribution in [1.82, 2.24) is 19.7 Å². The van der Waals surface area contributed by atoms with E-state index in [1.165, 1.54) is 0 Å². The van der Waals surface area contributed by atoms with Gasteiger partial charge in [-0.05, 0) is 43.7 Å². The number of rotatable bonds is 11. The lowest BCUT2D eigenvalue weighted by molar-refractivity contribution is 0.340. The van der Waals surface area contributed by atoms with Gasteiger partial charge in [-0.3, -0.25) is 0 Å². The van der Waals surface area contributed by atoms with Crippen molar-refractivity contribution < 1.29 is 13.2 Å². The van der Waals surface area contributed by atoms with Crippen LogP contribution in [0.15, 0.2) is 54.7 Å². The Kier molecular flexibility index (Phi) is 7.74. The standard InChI is InChI=1S/C21H26N6O3S/c1-16-8-9-22-19(14-16)27-21-15-20(25-17(2)26-21)23-10-11-24-31(28,29)13-12-30-18-6-4-3-5-7-18/h3-9,14-15,24H,10-13H2,1-2H3,(H2,22,23,25,26,27). The van der Waals surface area contributed by atoms with Crippen LogP contribution in [-0.2, 0) is 10.0 Å². The van der Waals surface area contributed by atoms with Gasteiger partial charge < -0.3 is 15.4 Å². The van der Waals surface area contributed by atoms with E-state index in [0.717, 1.165) is 5.56 Å². The molecule has 3 N–H and O–H groups in total. The van der Waals surface area contributed by atoms with E-state index in [0.29, 0.717) is 35.6 Å². The fourth-order valence-electron chi connectivity index (χ4n) is 2.71. The first-order valence-electron chi connectivity index (χ1n) is 9.84. The second-order valence-electron chi connectivity index (χ2n) is 6.83. The minimum absolute atomic E-state index is 0.0832. The van der Waals surface area contributed by atoms with Crippen LogP contribution >= 0.6 is 0 Å². The van der Waals surface area contributed by atoms with Gasteiger partial charge in [0.1, 0.15) is 35.6 Å². The topological polar surface area (TPSA) is 118 Å². The van der Waals surface area contributed by atoms with Crippen molar-refractivity contribution in [3.05, 3.63) is 66.1 Å². The van der Waals surface area contributed by atoms with Crippen LogP contribution in [-0.4, -0.2) is 48.8 Å². The molecule has 0 saturated carbocycles. The molecular formula is C21H26N6O3S. The van der Waals surface area contributed by atoms with Crippen LogP contribution in [0.25, 0.3) is 0 Å². The van der Waals surface area contributed by atoms with Gasteiger partial charge in [0.2, 0.25) is 10.0 Å². The summed E-state index contributed by atoms with van der Waals surface area (Å²) in [7, 11) is -3.44. The van der Waals surface area contributed by atoms with Crippen molar-refractivity contribution in [2.75, 3.05) is 36.1 Å². The highest BCUT2D eigenvalue weighted by molar-refractivity contribution is 7.89. The minimum atomic E-state index is -3.44. The molecule has 1 aromatic carbocycles. The number of para-hydroxylation sites is 1. The Bertz CT molecular complexity index is 1090. The van der Waals surface area contributed by atoms with Gasteiger partial charge in [-0.15, -0.1) is 0 Å². The average Bonchev–Trinajstić information content (AvgIpc) is 2.72. The fraction of sp³-hybridized carbons (Fsp3) is 0.286. The number of aromatic nitrogens is 3. The lowest BCUT2D eigenvalue weighted by atomic mass is 10.3. The highest BCUT2D eigenvalue weighted by Gasteiger charge is 2.10.